The molecule has 1 N–H and O–H groups in total. The second-order valence-electron chi connectivity index (χ2n) is 6.19. The van der Waals surface area contributed by atoms with Crippen molar-refractivity contribution in [2.45, 2.75) is 19.2 Å². The topological polar surface area (TPSA) is 28.0 Å². The zero-order valence-electron chi connectivity index (χ0n) is 13.4. The highest BCUT2D eigenvalue weighted by atomic mass is 16.3. The first-order valence-corrected chi connectivity index (χ1v) is 8.22. The molecule has 0 bridgehead atoms. The minimum atomic E-state index is -0.442. The quantitative estimate of drug-likeness (QED) is 0.576. The molecule has 3 nitrogen and oxygen atoms in total. The van der Waals surface area contributed by atoms with Crippen LogP contribution in [0.2, 0.25) is 0 Å². The Kier molecular flexibility index (Phi) is 3.93. The van der Waals surface area contributed by atoms with Gasteiger partial charge in [0.2, 0.25) is 0 Å². The van der Waals surface area contributed by atoms with Crippen LogP contribution in [0.4, 0.5) is 0 Å². The minimum Gasteiger partial charge on any atom is -0.381 e. The lowest BCUT2D eigenvalue weighted by molar-refractivity contribution is -0.736. The molecule has 0 fully saturated rings. The molecule has 4 aromatic rings. The summed E-state index contributed by atoms with van der Waals surface area (Å²) in [7, 11) is 0. The summed E-state index contributed by atoms with van der Waals surface area (Å²) in [4.78, 5) is 0. The molecular formula is C21H20N2O+2. The Bertz CT molecular complexity index is 916. The molecule has 2 heterocycles. The van der Waals surface area contributed by atoms with Crippen LogP contribution in [-0.2, 0) is 13.1 Å². The fourth-order valence-electron chi connectivity index (χ4n) is 3.13. The van der Waals surface area contributed by atoms with Gasteiger partial charge in [-0.2, -0.15) is 0 Å². The van der Waals surface area contributed by atoms with E-state index in [2.05, 4.69) is 57.9 Å². The van der Waals surface area contributed by atoms with E-state index in [0.717, 1.165) is 0 Å². The number of nitrogens with zero attached hydrogens (tertiary/aromatic N) is 2. The minimum absolute atomic E-state index is 0.442. The molecule has 0 aliphatic rings. The van der Waals surface area contributed by atoms with Crippen molar-refractivity contribution in [1.82, 2.24) is 0 Å². The lowest BCUT2D eigenvalue weighted by atomic mass is 10.2. The summed E-state index contributed by atoms with van der Waals surface area (Å²) in [6, 6.07) is 20.7. The molecule has 4 rings (SSSR count). The van der Waals surface area contributed by atoms with Gasteiger partial charge in [0.25, 0.3) is 0 Å². The fraction of sp³-hybridized carbons (Fsp3) is 0.143. The van der Waals surface area contributed by atoms with Crippen LogP contribution in [0.5, 0.6) is 0 Å². The molecule has 3 heteroatoms. The van der Waals surface area contributed by atoms with Crippen molar-refractivity contribution >= 4 is 21.5 Å². The third-order valence-corrected chi connectivity index (χ3v) is 4.34. The second-order valence-corrected chi connectivity index (χ2v) is 6.19. The van der Waals surface area contributed by atoms with Crippen LogP contribution >= 0.6 is 0 Å². The van der Waals surface area contributed by atoms with E-state index in [1.165, 1.54) is 21.5 Å². The number of aromatic nitrogens is 2. The van der Waals surface area contributed by atoms with Gasteiger partial charge in [-0.1, -0.05) is 36.4 Å². The Balaban J connectivity index is 1.51. The maximum absolute atomic E-state index is 10.5. The van der Waals surface area contributed by atoms with Crippen molar-refractivity contribution < 1.29 is 14.2 Å². The van der Waals surface area contributed by atoms with E-state index in [9.17, 15) is 5.11 Å². The molecule has 0 aliphatic heterocycles. The number of hydrogen-bond donors (Lipinski definition) is 1. The van der Waals surface area contributed by atoms with Crippen LogP contribution < -0.4 is 9.13 Å². The molecule has 2 aromatic heterocycles. The molecule has 0 amide bonds. The average Bonchev–Trinajstić information content (AvgIpc) is 2.61. The zero-order valence-corrected chi connectivity index (χ0v) is 13.4. The highest BCUT2D eigenvalue weighted by Gasteiger charge is 2.16. The first kappa shape index (κ1) is 14.8. The second kappa shape index (κ2) is 6.38. The van der Waals surface area contributed by atoms with Gasteiger partial charge in [-0.3, -0.25) is 0 Å². The molecule has 0 saturated heterocycles. The van der Waals surface area contributed by atoms with Gasteiger partial charge in [0.05, 0.1) is 0 Å². The SMILES string of the molecule is OC(C[n+]1ccc2ccccc2c1)C[n+]1ccc2ccccc2c1. The number of aliphatic hydroxyl groups is 1. The molecular weight excluding hydrogens is 296 g/mol. The lowest BCUT2D eigenvalue weighted by Crippen LogP contribution is -2.47. The number of pyridine rings is 2. The van der Waals surface area contributed by atoms with E-state index in [1.807, 2.05) is 36.7 Å². The molecule has 0 aliphatic carbocycles. The van der Waals surface area contributed by atoms with Crippen molar-refractivity contribution in [3.63, 3.8) is 0 Å². The Hall–Kier alpha value is -2.78. The fourth-order valence-corrected chi connectivity index (χ4v) is 3.13. The highest BCUT2D eigenvalue weighted by molar-refractivity contribution is 5.80. The predicted molar refractivity (Wildman–Crippen MR) is 94.3 cm³/mol. The number of fused-ring (bicyclic) bond motifs is 2. The van der Waals surface area contributed by atoms with E-state index < -0.39 is 6.10 Å². The molecule has 118 valence electrons. The van der Waals surface area contributed by atoms with Crippen LogP contribution in [-0.4, -0.2) is 11.2 Å². The van der Waals surface area contributed by atoms with E-state index >= 15 is 0 Å². The van der Waals surface area contributed by atoms with Gasteiger partial charge >= 0.3 is 0 Å². The molecule has 2 aromatic carbocycles. The summed E-state index contributed by atoms with van der Waals surface area (Å²) < 4.78 is 4.10. The third kappa shape index (κ3) is 3.12. The Morgan fingerprint density at radius 2 is 1.04 bits per heavy atom. The van der Waals surface area contributed by atoms with Crippen molar-refractivity contribution in [1.29, 1.82) is 0 Å². The maximum atomic E-state index is 10.5. The summed E-state index contributed by atoms with van der Waals surface area (Å²) in [6.45, 7) is 1.15. The zero-order chi connectivity index (χ0) is 16.4. The summed E-state index contributed by atoms with van der Waals surface area (Å²) >= 11 is 0. The smallest absolute Gasteiger partial charge is 0.180 e. The predicted octanol–water partition coefficient (Wildman–Crippen LogP) is 2.63. The molecule has 0 unspecified atom stereocenters. The summed E-state index contributed by atoms with van der Waals surface area (Å²) in [5, 5.41) is 15.3. The van der Waals surface area contributed by atoms with E-state index in [-0.39, 0.29) is 0 Å². The van der Waals surface area contributed by atoms with Crippen LogP contribution in [0, 0.1) is 0 Å². The van der Waals surface area contributed by atoms with E-state index in [4.69, 9.17) is 0 Å². The molecule has 0 spiro atoms. The Labute approximate surface area is 141 Å². The van der Waals surface area contributed by atoms with Gasteiger partial charge in [-0.15, -0.1) is 0 Å². The van der Waals surface area contributed by atoms with Crippen molar-refractivity contribution in [2.75, 3.05) is 0 Å². The van der Waals surface area contributed by atoms with Crippen LogP contribution in [0.3, 0.4) is 0 Å². The molecule has 0 atom stereocenters. The van der Waals surface area contributed by atoms with Crippen LogP contribution in [0.25, 0.3) is 21.5 Å². The Morgan fingerprint density at radius 1 is 0.625 bits per heavy atom. The molecule has 24 heavy (non-hydrogen) atoms. The summed E-state index contributed by atoms with van der Waals surface area (Å²) in [5.74, 6) is 0. The number of hydrogen-bond acceptors (Lipinski definition) is 1. The summed E-state index contributed by atoms with van der Waals surface area (Å²) in [5.41, 5.74) is 0. The monoisotopic (exact) mass is 316 g/mol. The first-order chi connectivity index (χ1) is 11.8. The highest BCUT2D eigenvalue weighted by Crippen LogP contribution is 2.10. The van der Waals surface area contributed by atoms with Gasteiger partial charge < -0.3 is 5.11 Å². The lowest BCUT2D eigenvalue weighted by Gasteiger charge is -2.05. The third-order valence-electron chi connectivity index (χ3n) is 4.34. The van der Waals surface area contributed by atoms with Crippen LogP contribution in [0.15, 0.2) is 85.5 Å². The van der Waals surface area contributed by atoms with Crippen molar-refractivity contribution in [2.24, 2.45) is 0 Å². The largest absolute Gasteiger partial charge is 0.381 e. The van der Waals surface area contributed by atoms with Gasteiger partial charge in [0.1, 0.15) is 0 Å². The standard InChI is InChI=1S/C21H20N2O/c24-21(15-22-11-9-17-5-1-3-7-19(17)13-22)16-23-12-10-18-6-2-4-8-20(18)14-23/h1-14,21,24H,15-16H2/q+2. The maximum Gasteiger partial charge on any atom is 0.180 e. The van der Waals surface area contributed by atoms with Gasteiger partial charge in [0, 0.05) is 22.9 Å². The molecule has 0 radical (unpaired) electrons. The number of benzene rings is 2. The molecule has 0 saturated carbocycles. The normalized spacial score (nSPS) is 11.4. The average molecular weight is 316 g/mol. The van der Waals surface area contributed by atoms with Crippen LogP contribution in [0.1, 0.15) is 0 Å². The van der Waals surface area contributed by atoms with Crippen molar-refractivity contribution in [3.05, 3.63) is 85.5 Å². The summed E-state index contributed by atoms with van der Waals surface area (Å²) in [6.07, 6.45) is 7.78. The number of rotatable bonds is 4. The first-order valence-electron chi connectivity index (χ1n) is 8.22. The van der Waals surface area contributed by atoms with Crippen molar-refractivity contribution in [3.8, 4) is 0 Å². The van der Waals surface area contributed by atoms with E-state index in [1.54, 1.807) is 0 Å². The van der Waals surface area contributed by atoms with Gasteiger partial charge in [-0.05, 0) is 22.9 Å². The Morgan fingerprint density at radius 3 is 1.50 bits per heavy atom. The van der Waals surface area contributed by atoms with E-state index in [0.29, 0.717) is 13.1 Å². The van der Waals surface area contributed by atoms with Gasteiger partial charge in [-0.25, -0.2) is 9.13 Å². The number of aliphatic hydroxyl groups excluding tert-OH is 1. The van der Waals surface area contributed by atoms with Gasteiger partial charge in [0.15, 0.2) is 44.0 Å².